The predicted molar refractivity (Wildman–Crippen MR) is 113 cm³/mol. The minimum atomic E-state index is -4.52. The first-order chi connectivity index (χ1) is 12.5. The van der Waals surface area contributed by atoms with Crippen molar-refractivity contribution in [2.24, 2.45) is 4.99 Å². The summed E-state index contributed by atoms with van der Waals surface area (Å²) in [4.78, 5) is 3.96. The van der Waals surface area contributed by atoms with Gasteiger partial charge < -0.3 is 15.4 Å². The molecule has 0 amide bonds. The fourth-order valence-electron chi connectivity index (χ4n) is 2.79. The van der Waals surface area contributed by atoms with E-state index in [1.807, 2.05) is 0 Å². The van der Waals surface area contributed by atoms with Gasteiger partial charge in [0.1, 0.15) is 5.75 Å². The Balaban J connectivity index is 0.00000392. The molecule has 0 aromatic heterocycles. The zero-order valence-corrected chi connectivity index (χ0v) is 19.0. The molecule has 1 fully saturated rings. The molecule has 0 bridgehead atoms. The summed E-state index contributed by atoms with van der Waals surface area (Å²) in [5.74, 6) is 0.493. The van der Waals surface area contributed by atoms with Crippen LogP contribution >= 0.6 is 24.0 Å². The molecule has 0 saturated carbocycles. The molecular weight excluding hydrogens is 510 g/mol. The molecule has 28 heavy (non-hydrogen) atoms. The lowest BCUT2D eigenvalue weighted by molar-refractivity contribution is -0.138. The predicted octanol–water partition coefficient (Wildman–Crippen LogP) is 2.96. The molecule has 160 valence electrons. The van der Waals surface area contributed by atoms with Crippen molar-refractivity contribution < 1.29 is 26.3 Å². The number of aliphatic imine (C=N–C) groups is 1. The van der Waals surface area contributed by atoms with Crippen LogP contribution in [0.15, 0.2) is 23.2 Å². The van der Waals surface area contributed by atoms with Gasteiger partial charge in [0.05, 0.1) is 23.2 Å². The van der Waals surface area contributed by atoms with Gasteiger partial charge in [-0.05, 0) is 38.0 Å². The summed E-state index contributed by atoms with van der Waals surface area (Å²) >= 11 is 0. The summed E-state index contributed by atoms with van der Waals surface area (Å²) in [6.45, 7) is 3.36. The van der Waals surface area contributed by atoms with E-state index in [0.29, 0.717) is 6.42 Å². The average Bonchev–Trinajstić information content (AvgIpc) is 2.89. The van der Waals surface area contributed by atoms with Gasteiger partial charge in [-0.3, -0.25) is 4.99 Å². The van der Waals surface area contributed by atoms with E-state index in [9.17, 15) is 21.6 Å². The molecule has 1 aromatic carbocycles. The Labute approximate surface area is 180 Å². The van der Waals surface area contributed by atoms with Crippen LogP contribution in [0.5, 0.6) is 5.75 Å². The number of rotatable bonds is 5. The van der Waals surface area contributed by atoms with E-state index < -0.39 is 21.6 Å². The smallest absolute Gasteiger partial charge is 0.416 e. The standard InChI is InChI=1S/C17H24F3N3O3S.HI/c1-11(2)26-14-5-4-12(15(8-14)17(18,19)20)9-22-16(21-3)23-13-6-7-27(24,25)10-13;/h4-5,8,11,13H,6-7,9-10H2,1-3H3,(H2,21,22,23);1H. The molecule has 11 heteroatoms. The van der Waals surface area contributed by atoms with E-state index in [0.717, 1.165) is 6.07 Å². The molecule has 1 saturated heterocycles. The number of benzene rings is 1. The Morgan fingerprint density at radius 1 is 1.36 bits per heavy atom. The van der Waals surface area contributed by atoms with Gasteiger partial charge in [0.15, 0.2) is 15.8 Å². The molecule has 1 aromatic rings. The fourth-order valence-corrected chi connectivity index (χ4v) is 4.47. The molecule has 0 spiro atoms. The molecule has 1 aliphatic heterocycles. The minimum absolute atomic E-state index is 0. The van der Waals surface area contributed by atoms with Crippen molar-refractivity contribution in [3.8, 4) is 5.75 Å². The number of halogens is 4. The second-order valence-corrected chi connectivity index (χ2v) is 8.88. The third-order valence-electron chi connectivity index (χ3n) is 4.00. The van der Waals surface area contributed by atoms with E-state index >= 15 is 0 Å². The fraction of sp³-hybridized carbons (Fsp3) is 0.588. The molecule has 2 N–H and O–H groups in total. The number of hydrogen-bond acceptors (Lipinski definition) is 4. The Morgan fingerprint density at radius 3 is 2.54 bits per heavy atom. The van der Waals surface area contributed by atoms with Gasteiger partial charge in [0.2, 0.25) is 0 Å². The van der Waals surface area contributed by atoms with Crippen LogP contribution in [-0.2, 0) is 22.6 Å². The summed E-state index contributed by atoms with van der Waals surface area (Å²) in [5, 5.41) is 5.76. The lowest BCUT2D eigenvalue weighted by Gasteiger charge is -2.19. The Kier molecular flexibility index (Phi) is 8.85. The summed E-state index contributed by atoms with van der Waals surface area (Å²) < 4.78 is 68.5. The second kappa shape index (κ2) is 9.99. The largest absolute Gasteiger partial charge is 0.491 e. The summed E-state index contributed by atoms with van der Waals surface area (Å²) in [6, 6.07) is 3.54. The quantitative estimate of drug-likeness (QED) is 0.345. The monoisotopic (exact) mass is 535 g/mol. The number of nitrogens with zero attached hydrogens (tertiary/aromatic N) is 1. The molecule has 0 radical (unpaired) electrons. The van der Waals surface area contributed by atoms with E-state index in [1.54, 1.807) is 13.8 Å². The first kappa shape index (κ1) is 24.8. The van der Waals surface area contributed by atoms with Crippen LogP contribution in [0.4, 0.5) is 13.2 Å². The van der Waals surface area contributed by atoms with Crippen LogP contribution in [0.1, 0.15) is 31.4 Å². The Bertz CT molecular complexity index is 799. The normalized spacial score (nSPS) is 19.2. The highest BCUT2D eigenvalue weighted by Crippen LogP contribution is 2.34. The lowest BCUT2D eigenvalue weighted by Crippen LogP contribution is -2.43. The van der Waals surface area contributed by atoms with Gasteiger partial charge in [-0.25, -0.2) is 8.42 Å². The lowest BCUT2D eigenvalue weighted by atomic mass is 10.1. The van der Waals surface area contributed by atoms with Crippen molar-refractivity contribution in [2.45, 2.75) is 45.1 Å². The maximum absolute atomic E-state index is 13.4. The maximum atomic E-state index is 13.4. The number of sulfone groups is 1. The Morgan fingerprint density at radius 2 is 2.04 bits per heavy atom. The third-order valence-corrected chi connectivity index (χ3v) is 5.77. The van der Waals surface area contributed by atoms with Gasteiger partial charge >= 0.3 is 6.18 Å². The first-order valence-corrected chi connectivity index (χ1v) is 10.4. The average molecular weight is 535 g/mol. The number of guanidine groups is 1. The number of hydrogen-bond donors (Lipinski definition) is 2. The number of nitrogens with one attached hydrogen (secondary N) is 2. The summed E-state index contributed by atoms with van der Waals surface area (Å²) in [7, 11) is -1.59. The van der Waals surface area contributed by atoms with Gasteiger partial charge in [-0.2, -0.15) is 13.2 Å². The van der Waals surface area contributed by atoms with Gasteiger partial charge in [0, 0.05) is 19.6 Å². The maximum Gasteiger partial charge on any atom is 0.416 e. The highest BCUT2D eigenvalue weighted by molar-refractivity contribution is 14.0. The van der Waals surface area contributed by atoms with Crippen LogP contribution in [0.2, 0.25) is 0 Å². The van der Waals surface area contributed by atoms with Crippen molar-refractivity contribution in [1.29, 1.82) is 0 Å². The summed E-state index contributed by atoms with van der Waals surface area (Å²) in [6.07, 6.45) is -4.32. The molecule has 1 aliphatic rings. The van der Waals surface area contributed by atoms with Crippen molar-refractivity contribution >= 4 is 39.8 Å². The Hall–Kier alpha value is -1.24. The highest BCUT2D eigenvalue weighted by Gasteiger charge is 2.34. The van der Waals surface area contributed by atoms with Crippen LogP contribution in [0.3, 0.4) is 0 Å². The van der Waals surface area contributed by atoms with Gasteiger partial charge in [-0.15, -0.1) is 24.0 Å². The van der Waals surface area contributed by atoms with Gasteiger partial charge in [0.25, 0.3) is 0 Å². The molecule has 6 nitrogen and oxygen atoms in total. The molecule has 1 heterocycles. The molecule has 0 aliphatic carbocycles. The third kappa shape index (κ3) is 7.30. The topological polar surface area (TPSA) is 79.8 Å². The van der Waals surface area contributed by atoms with Gasteiger partial charge in [-0.1, -0.05) is 6.07 Å². The van der Waals surface area contributed by atoms with Crippen LogP contribution in [0.25, 0.3) is 0 Å². The van der Waals surface area contributed by atoms with Crippen molar-refractivity contribution in [2.75, 3.05) is 18.6 Å². The molecular formula is C17H25F3IN3O3S. The van der Waals surface area contributed by atoms with Crippen molar-refractivity contribution in [3.05, 3.63) is 29.3 Å². The second-order valence-electron chi connectivity index (χ2n) is 6.65. The van der Waals surface area contributed by atoms with E-state index in [4.69, 9.17) is 4.74 Å². The van der Waals surface area contributed by atoms with Crippen LogP contribution in [-0.4, -0.2) is 45.1 Å². The zero-order chi connectivity index (χ0) is 20.2. The molecule has 1 unspecified atom stereocenters. The molecule has 2 rings (SSSR count). The van der Waals surface area contributed by atoms with Crippen LogP contribution in [0, 0.1) is 0 Å². The number of alkyl halides is 3. The first-order valence-electron chi connectivity index (χ1n) is 8.54. The highest BCUT2D eigenvalue weighted by atomic mass is 127. The van der Waals surface area contributed by atoms with Crippen LogP contribution < -0.4 is 15.4 Å². The van der Waals surface area contributed by atoms with E-state index in [2.05, 4.69) is 15.6 Å². The minimum Gasteiger partial charge on any atom is -0.491 e. The molecule has 1 atom stereocenters. The summed E-state index contributed by atoms with van der Waals surface area (Å²) in [5.41, 5.74) is -0.743. The van der Waals surface area contributed by atoms with Crippen molar-refractivity contribution in [1.82, 2.24) is 10.6 Å². The SMILES string of the molecule is CN=C(NCc1ccc(OC(C)C)cc1C(F)(F)F)NC1CCS(=O)(=O)C1.I. The van der Waals surface area contributed by atoms with E-state index in [-0.39, 0.29) is 71.4 Å². The van der Waals surface area contributed by atoms with Crippen molar-refractivity contribution in [3.63, 3.8) is 0 Å². The number of ether oxygens (including phenoxy) is 1. The van der Waals surface area contributed by atoms with E-state index in [1.165, 1.54) is 19.2 Å². The zero-order valence-electron chi connectivity index (χ0n) is 15.8.